The average molecular weight is 337 g/mol. The monoisotopic (exact) mass is 336 g/mol. The molecular weight excluding hydrogens is 308 g/mol. The summed E-state index contributed by atoms with van der Waals surface area (Å²) in [4.78, 5) is 14.5. The summed E-state index contributed by atoms with van der Waals surface area (Å²) in [6.45, 7) is 5.31. The van der Waals surface area contributed by atoms with E-state index in [9.17, 15) is 4.79 Å². The maximum absolute atomic E-state index is 12.5. The van der Waals surface area contributed by atoms with Gasteiger partial charge in [0.15, 0.2) is 5.16 Å². The van der Waals surface area contributed by atoms with Crippen LogP contribution >= 0.6 is 11.8 Å². The molecule has 1 aromatic heterocycles. The molecule has 1 aromatic rings. The lowest BCUT2D eigenvalue weighted by Gasteiger charge is -2.33. The van der Waals surface area contributed by atoms with Crippen molar-refractivity contribution in [2.45, 2.75) is 76.0 Å². The second kappa shape index (κ2) is 7.24. The Labute approximate surface area is 143 Å². The van der Waals surface area contributed by atoms with Gasteiger partial charge >= 0.3 is 0 Å². The summed E-state index contributed by atoms with van der Waals surface area (Å²) in [6.07, 6.45) is 7.22. The Kier molecular flexibility index (Phi) is 5.29. The zero-order valence-corrected chi connectivity index (χ0v) is 15.3. The Balaban J connectivity index is 1.54. The van der Waals surface area contributed by atoms with Crippen molar-refractivity contribution in [2.24, 2.45) is 5.92 Å². The fourth-order valence-electron chi connectivity index (χ4n) is 3.41. The molecule has 128 valence electrons. The van der Waals surface area contributed by atoms with Gasteiger partial charge in [0.2, 0.25) is 5.91 Å². The second-order valence-corrected chi connectivity index (χ2v) is 8.01. The molecule has 2 fully saturated rings. The van der Waals surface area contributed by atoms with E-state index in [0.717, 1.165) is 36.3 Å². The smallest absolute Gasteiger partial charge is 0.233 e. The number of thioether (sulfide) groups is 1. The minimum absolute atomic E-state index is 0.216. The van der Waals surface area contributed by atoms with Gasteiger partial charge in [-0.3, -0.25) is 4.79 Å². The first-order valence-electron chi connectivity index (χ1n) is 8.91. The lowest BCUT2D eigenvalue weighted by molar-refractivity contribution is -0.129. The minimum atomic E-state index is 0.216. The van der Waals surface area contributed by atoms with Crippen LogP contribution < -0.4 is 0 Å². The standard InChI is InChI=1S/C17H28N4OS/c1-4-21-16(13-7-8-13)18-19-17(21)23-11-15(22)20(3)14-9-5-12(2)6-10-14/h12-14H,4-11H2,1-3H3. The molecule has 1 amide bonds. The summed E-state index contributed by atoms with van der Waals surface area (Å²) in [5.41, 5.74) is 0. The highest BCUT2D eigenvalue weighted by Crippen LogP contribution is 2.40. The van der Waals surface area contributed by atoms with Gasteiger partial charge in [-0.15, -0.1) is 10.2 Å². The first kappa shape index (κ1) is 16.8. The molecule has 1 heterocycles. The van der Waals surface area contributed by atoms with Crippen LogP contribution in [0.3, 0.4) is 0 Å². The van der Waals surface area contributed by atoms with E-state index in [-0.39, 0.29) is 5.91 Å². The average Bonchev–Trinajstić information content (AvgIpc) is 3.32. The number of carbonyl (C=O) groups is 1. The third-order valence-corrected chi connectivity index (χ3v) is 6.21. The van der Waals surface area contributed by atoms with E-state index >= 15 is 0 Å². The van der Waals surface area contributed by atoms with Crippen LogP contribution in [0.5, 0.6) is 0 Å². The van der Waals surface area contributed by atoms with Crippen LogP contribution in [0.15, 0.2) is 5.16 Å². The summed E-state index contributed by atoms with van der Waals surface area (Å²) in [6, 6.07) is 0.422. The molecule has 0 aliphatic heterocycles. The molecule has 0 atom stereocenters. The summed E-state index contributed by atoms with van der Waals surface area (Å²) >= 11 is 1.54. The number of aromatic nitrogens is 3. The van der Waals surface area contributed by atoms with Crippen LogP contribution in [-0.4, -0.2) is 44.4 Å². The molecule has 2 saturated carbocycles. The SMILES string of the molecule is CCn1c(SCC(=O)N(C)C2CCC(C)CC2)nnc1C1CC1. The fourth-order valence-corrected chi connectivity index (χ4v) is 4.34. The molecule has 3 rings (SSSR count). The summed E-state index contributed by atoms with van der Waals surface area (Å²) in [5, 5.41) is 9.54. The van der Waals surface area contributed by atoms with Crippen molar-refractivity contribution < 1.29 is 4.79 Å². The highest BCUT2D eigenvalue weighted by atomic mass is 32.2. The molecular formula is C17H28N4OS. The van der Waals surface area contributed by atoms with Crippen LogP contribution in [0.4, 0.5) is 0 Å². The molecule has 0 saturated heterocycles. The van der Waals surface area contributed by atoms with Gasteiger partial charge in [-0.2, -0.15) is 0 Å². The van der Waals surface area contributed by atoms with Crippen LogP contribution in [0, 0.1) is 5.92 Å². The van der Waals surface area contributed by atoms with Gasteiger partial charge in [0, 0.05) is 25.6 Å². The van der Waals surface area contributed by atoms with E-state index in [1.807, 2.05) is 11.9 Å². The number of hydrogen-bond acceptors (Lipinski definition) is 4. The first-order chi connectivity index (χ1) is 11.1. The predicted molar refractivity (Wildman–Crippen MR) is 92.6 cm³/mol. The van der Waals surface area contributed by atoms with E-state index in [1.165, 1.54) is 37.4 Å². The Morgan fingerprint density at radius 3 is 2.52 bits per heavy atom. The topological polar surface area (TPSA) is 51.0 Å². The molecule has 2 aliphatic carbocycles. The molecule has 2 aliphatic rings. The molecule has 0 spiro atoms. The van der Waals surface area contributed by atoms with Gasteiger partial charge in [-0.1, -0.05) is 18.7 Å². The van der Waals surface area contributed by atoms with Gasteiger partial charge in [-0.05, 0) is 51.4 Å². The number of rotatable bonds is 6. The number of nitrogens with zero attached hydrogens (tertiary/aromatic N) is 4. The molecule has 0 bridgehead atoms. The quantitative estimate of drug-likeness (QED) is 0.748. The summed E-state index contributed by atoms with van der Waals surface area (Å²) in [5.74, 6) is 3.20. The molecule has 0 unspecified atom stereocenters. The molecule has 23 heavy (non-hydrogen) atoms. The Hall–Kier alpha value is -1.04. The predicted octanol–water partition coefficient (Wildman–Crippen LogP) is 3.30. The third kappa shape index (κ3) is 3.90. The lowest BCUT2D eigenvalue weighted by atomic mass is 9.87. The van der Waals surface area contributed by atoms with Crippen molar-refractivity contribution in [1.82, 2.24) is 19.7 Å². The first-order valence-corrected chi connectivity index (χ1v) is 9.90. The van der Waals surface area contributed by atoms with Gasteiger partial charge in [0.25, 0.3) is 0 Å². The summed E-state index contributed by atoms with van der Waals surface area (Å²) in [7, 11) is 1.96. The van der Waals surface area contributed by atoms with Gasteiger partial charge < -0.3 is 9.47 Å². The molecule has 0 aromatic carbocycles. The van der Waals surface area contributed by atoms with Crippen molar-refractivity contribution in [1.29, 1.82) is 0 Å². The maximum atomic E-state index is 12.5. The molecule has 6 heteroatoms. The van der Waals surface area contributed by atoms with E-state index in [4.69, 9.17) is 0 Å². The normalized spacial score (nSPS) is 24.7. The highest BCUT2D eigenvalue weighted by Gasteiger charge is 2.30. The fraction of sp³-hybridized carbons (Fsp3) is 0.824. The van der Waals surface area contributed by atoms with Crippen molar-refractivity contribution in [2.75, 3.05) is 12.8 Å². The number of amides is 1. The van der Waals surface area contributed by atoms with Crippen molar-refractivity contribution in [3.8, 4) is 0 Å². The van der Waals surface area contributed by atoms with Crippen molar-refractivity contribution in [3.63, 3.8) is 0 Å². The molecule has 5 nitrogen and oxygen atoms in total. The van der Waals surface area contributed by atoms with E-state index in [2.05, 4.69) is 28.6 Å². The zero-order chi connectivity index (χ0) is 16.4. The third-order valence-electron chi connectivity index (χ3n) is 5.26. The second-order valence-electron chi connectivity index (χ2n) is 7.07. The van der Waals surface area contributed by atoms with Gasteiger partial charge in [0.1, 0.15) is 5.82 Å². The lowest BCUT2D eigenvalue weighted by Crippen LogP contribution is -2.40. The minimum Gasteiger partial charge on any atom is -0.342 e. The number of hydrogen-bond donors (Lipinski definition) is 0. The molecule has 0 N–H and O–H groups in total. The highest BCUT2D eigenvalue weighted by molar-refractivity contribution is 7.99. The Morgan fingerprint density at radius 2 is 1.91 bits per heavy atom. The molecule has 0 radical (unpaired) electrons. The Bertz CT molecular complexity index is 547. The van der Waals surface area contributed by atoms with E-state index in [1.54, 1.807) is 0 Å². The van der Waals surface area contributed by atoms with Crippen molar-refractivity contribution >= 4 is 17.7 Å². The van der Waals surface area contributed by atoms with E-state index in [0.29, 0.717) is 17.7 Å². The Morgan fingerprint density at radius 1 is 1.22 bits per heavy atom. The zero-order valence-electron chi connectivity index (χ0n) is 14.5. The van der Waals surface area contributed by atoms with Crippen LogP contribution in [0.25, 0.3) is 0 Å². The van der Waals surface area contributed by atoms with Gasteiger partial charge in [-0.25, -0.2) is 0 Å². The maximum Gasteiger partial charge on any atom is 0.233 e. The van der Waals surface area contributed by atoms with Crippen molar-refractivity contribution in [3.05, 3.63) is 5.82 Å². The van der Waals surface area contributed by atoms with Crippen LogP contribution in [0.1, 0.15) is 64.1 Å². The largest absolute Gasteiger partial charge is 0.342 e. The summed E-state index contributed by atoms with van der Waals surface area (Å²) < 4.78 is 2.18. The van der Waals surface area contributed by atoms with Gasteiger partial charge in [0.05, 0.1) is 5.75 Å². The number of carbonyl (C=O) groups excluding carboxylic acids is 1. The van der Waals surface area contributed by atoms with Crippen LogP contribution in [-0.2, 0) is 11.3 Å². The van der Waals surface area contributed by atoms with E-state index < -0.39 is 0 Å². The van der Waals surface area contributed by atoms with Crippen LogP contribution in [0.2, 0.25) is 0 Å².